The number of thiophene rings is 1. The average molecular weight is 393 g/mol. The lowest BCUT2D eigenvalue weighted by Crippen LogP contribution is -2.52. The molecule has 0 spiro atoms. The van der Waals surface area contributed by atoms with Gasteiger partial charge in [0.05, 0.1) is 18.2 Å². The van der Waals surface area contributed by atoms with Crippen LogP contribution in [0.25, 0.3) is 0 Å². The highest BCUT2D eigenvalue weighted by molar-refractivity contribution is 7.08. The van der Waals surface area contributed by atoms with Gasteiger partial charge in [-0.15, -0.1) is 0 Å². The number of hydrogen-bond acceptors (Lipinski definition) is 6. The van der Waals surface area contributed by atoms with Gasteiger partial charge >= 0.3 is 12.0 Å². The molecule has 8 heteroatoms. The first kappa shape index (κ1) is 19.9. The quantitative estimate of drug-likeness (QED) is 0.749. The molecule has 148 valence electrons. The molecule has 2 aliphatic heterocycles. The number of carbonyl (C=O) groups is 2. The lowest BCUT2D eigenvalue weighted by atomic mass is 9.96. The van der Waals surface area contributed by atoms with Crippen LogP contribution in [-0.4, -0.2) is 79.6 Å². The zero-order valence-corrected chi connectivity index (χ0v) is 17.1. The van der Waals surface area contributed by atoms with E-state index in [1.165, 1.54) is 0 Å². The van der Waals surface area contributed by atoms with Crippen LogP contribution in [0.15, 0.2) is 28.1 Å². The van der Waals surface area contributed by atoms with Gasteiger partial charge in [0.2, 0.25) is 0 Å². The van der Waals surface area contributed by atoms with E-state index >= 15 is 0 Å². The fourth-order valence-corrected chi connectivity index (χ4v) is 4.25. The molecule has 0 aliphatic carbocycles. The van der Waals surface area contributed by atoms with E-state index in [0.717, 1.165) is 37.4 Å². The highest BCUT2D eigenvalue weighted by atomic mass is 32.1. The standard InChI is InChI=1S/C19H28N4O3S/c1-4-23-15(12-22-9-7-21(3)8-10-22)16(18(24)26-5-2)17(20-19(23)25)14-6-11-27-13-14/h6,11,13,17H,4-5,7-10,12H2,1-3H3,(H,20,25). The van der Waals surface area contributed by atoms with Crippen LogP contribution < -0.4 is 5.32 Å². The van der Waals surface area contributed by atoms with Crippen LogP contribution in [0.2, 0.25) is 0 Å². The van der Waals surface area contributed by atoms with Gasteiger partial charge in [-0.2, -0.15) is 11.3 Å². The third kappa shape index (κ3) is 4.34. The van der Waals surface area contributed by atoms with Crippen LogP contribution in [0.4, 0.5) is 4.79 Å². The van der Waals surface area contributed by atoms with Crippen molar-refractivity contribution in [3.63, 3.8) is 0 Å². The van der Waals surface area contributed by atoms with Crippen molar-refractivity contribution in [3.8, 4) is 0 Å². The molecule has 1 unspecified atom stereocenters. The van der Waals surface area contributed by atoms with Gasteiger partial charge in [-0.1, -0.05) is 0 Å². The van der Waals surface area contributed by atoms with Crippen molar-refractivity contribution in [2.24, 2.45) is 0 Å². The van der Waals surface area contributed by atoms with E-state index in [2.05, 4.69) is 22.2 Å². The Morgan fingerprint density at radius 1 is 1.30 bits per heavy atom. The Kier molecular flexibility index (Phi) is 6.51. The Morgan fingerprint density at radius 3 is 2.63 bits per heavy atom. The molecule has 2 amide bonds. The number of nitrogens with one attached hydrogen (secondary N) is 1. The molecule has 1 saturated heterocycles. The summed E-state index contributed by atoms with van der Waals surface area (Å²) in [6, 6.07) is 1.32. The van der Waals surface area contributed by atoms with Crippen LogP contribution in [0.1, 0.15) is 25.5 Å². The van der Waals surface area contributed by atoms with E-state index in [1.807, 2.05) is 23.8 Å². The van der Waals surface area contributed by atoms with Crippen molar-refractivity contribution >= 4 is 23.3 Å². The molecule has 27 heavy (non-hydrogen) atoms. The van der Waals surface area contributed by atoms with Crippen LogP contribution >= 0.6 is 11.3 Å². The number of carbonyl (C=O) groups excluding carboxylic acids is 2. The van der Waals surface area contributed by atoms with E-state index in [-0.39, 0.29) is 12.0 Å². The number of amides is 2. The van der Waals surface area contributed by atoms with E-state index in [9.17, 15) is 9.59 Å². The molecule has 1 fully saturated rings. The summed E-state index contributed by atoms with van der Waals surface area (Å²) >= 11 is 1.55. The summed E-state index contributed by atoms with van der Waals surface area (Å²) in [5.41, 5.74) is 2.24. The molecule has 1 N–H and O–H groups in total. The van der Waals surface area contributed by atoms with Crippen molar-refractivity contribution in [1.29, 1.82) is 0 Å². The van der Waals surface area contributed by atoms with Crippen LogP contribution in [0.3, 0.4) is 0 Å². The Labute approximate surface area is 164 Å². The number of nitrogens with zero attached hydrogens (tertiary/aromatic N) is 3. The molecule has 0 saturated carbocycles. The summed E-state index contributed by atoms with van der Waals surface area (Å²) in [5.74, 6) is -0.351. The number of piperazine rings is 1. The molecule has 1 aromatic rings. The third-order valence-electron chi connectivity index (χ3n) is 5.10. The SMILES string of the molecule is CCOC(=O)C1=C(CN2CCN(C)CC2)N(CC)C(=O)NC1c1ccsc1. The zero-order valence-electron chi connectivity index (χ0n) is 16.2. The fourth-order valence-electron chi connectivity index (χ4n) is 3.56. The van der Waals surface area contributed by atoms with E-state index < -0.39 is 6.04 Å². The molecule has 3 heterocycles. The Bertz CT molecular complexity index is 696. The van der Waals surface area contributed by atoms with Crippen molar-refractivity contribution < 1.29 is 14.3 Å². The lowest BCUT2D eigenvalue weighted by molar-refractivity contribution is -0.139. The Morgan fingerprint density at radius 2 is 2.04 bits per heavy atom. The highest BCUT2D eigenvalue weighted by Crippen LogP contribution is 2.33. The van der Waals surface area contributed by atoms with Crippen molar-refractivity contribution in [3.05, 3.63) is 33.7 Å². The molecular weight excluding hydrogens is 364 g/mol. The number of likely N-dealkylation sites (N-methyl/N-ethyl adjacent to an activating group) is 2. The molecule has 1 aromatic heterocycles. The summed E-state index contributed by atoms with van der Waals surface area (Å²) in [6.07, 6.45) is 0. The number of esters is 1. The lowest BCUT2D eigenvalue weighted by Gasteiger charge is -2.39. The van der Waals surface area contributed by atoms with Gasteiger partial charge in [-0.05, 0) is 43.3 Å². The minimum Gasteiger partial charge on any atom is -0.463 e. The van der Waals surface area contributed by atoms with E-state index in [0.29, 0.717) is 25.3 Å². The van der Waals surface area contributed by atoms with Crippen LogP contribution in [0, 0.1) is 0 Å². The smallest absolute Gasteiger partial charge is 0.338 e. The molecule has 1 atom stereocenters. The summed E-state index contributed by atoms with van der Waals surface area (Å²) in [7, 11) is 2.11. The minimum atomic E-state index is -0.465. The Hall–Kier alpha value is -1.90. The number of rotatable bonds is 6. The van der Waals surface area contributed by atoms with Gasteiger partial charge < -0.3 is 15.0 Å². The first-order chi connectivity index (χ1) is 13.0. The number of ether oxygens (including phenoxy) is 1. The van der Waals surface area contributed by atoms with Crippen molar-refractivity contribution in [2.75, 3.05) is 52.9 Å². The maximum absolute atomic E-state index is 12.9. The van der Waals surface area contributed by atoms with E-state index in [1.54, 1.807) is 23.2 Å². The van der Waals surface area contributed by atoms with Gasteiger partial charge in [0, 0.05) is 45.0 Å². The topological polar surface area (TPSA) is 65.1 Å². The molecule has 2 aliphatic rings. The second-order valence-electron chi connectivity index (χ2n) is 6.84. The predicted molar refractivity (Wildman–Crippen MR) is 106 cm³/mol. The second kappa shape index (κ2) is 8.86. The molecule has 3 rings (SSSR count). The summed E-state index contributed by atoms with van der Waals surface area (Å²) in [5, 5.41) is 6.92. The van der Waals surface area contributed by atoms with Gasteiger partial charge in [-0.25, -0.2) is 9.59 Å². The van der Waals surface area contributed by atoms with Gasteiger partial charge in [-0.3, -0.25) is 9.80 Å². The zero-order chi connectivity index (χ0) is 19.4. The van der Waals surface area contributed by atoms with Crippen molar-refractivity contribution in [1.82, 2.24) is 20.0 Å². The maximum Gasteiger partial charge on any atom is 0.338 e. The molecule has 0 radical (unpaired) electrons. The summed E-state index contributed by atoms with van der Waals surface area (Å²) in [4.78, 5) is 31.9. The van der Waals surface area contributed by atoms with Crippen LogP contribution in [0.5, 0.6) is 0 Å². The Balaban J connectivity index is 2.00. The number of urea groups is 1. The second-order valence-corrected chi connectivity index (χ2v) is 7.62. The van der Waals surface area contributed by atoms with Crippen LogP contribution in [-0.2, 0) is 9.53 Å². The minimum absolute atomic E-state index is 0.161. The first-order valence-corrected chi connectivity index (χ1v) is 10.4. The highest BCUT2D eigenvalue weighted by Gasteiger charge is 2.38. The largest absolute Gasteiger partial charge is 0.463 e. The van der Waals surface area contributed by atoms with Gasteiger partial charge in [0.15, 0.2) is 0 Å². The van der Waals surface area contributed by atoms with Gasteiger partial charge in [0.25, 0.3) is 0 Å². The third-order valence-corrected chi connectivity index (χ3v) is 5.80. The normalized spacial score (nSPS) is 22.1. The van der Waals surface area contributed by atoms with Crippen molar-refractivity contribution in [2.45, 2.75) is 19.9 Å². The fraction of sp³-hybridized carbons (Fsp3) is 0.579. The molecular formula is C19H28N4O3S. The van der Waals surface area contributed by atoms with Gasteiger partial charge in [0.1, 0.15) is 0 Å². The maximum atomic E-state index is 12.9. The predicted octanol–water partition coefficient (Wildman–Crippen LogP) is 1.90. The monoisotopic (exact) mass is 392 g/mol. The molecule has 7 nitrogen and oxygen atoms in total. The number of hydrogen-bond donors (Lipinski definition) is 1. The first-order valence-electron chi connectivity index (χ1n) is 9.46. The summed E-state index contributed by atoms with van der Waals surface area (Å²) in [6.45, 7) is 8.91. The molecule has 0 bridgehead atoms. The molecule has 0 aromatic carbocycles. The summed E-state index contributed by atoms with van der Waals surface area (Å²) < 4.78 is 5.38. The van der Waals surface area contributed by atoms with E-state index in [4.69, 9.17) is 4.74 Å². The average Bonchev–Trinajstić information content (AvgIpc) is 3.18.